The fourth-order valence-electron chi connectivity index (χ4n) is 2.07. The lowest BCUT2D eigenvalue weighted by Crippen LogP contribution is -2.34. The van der Waals surface area contributed by atoms with Crippen molar-refractivity contribution in [2.24, 2.45) is 0 Å². The summed E-state index contributed by atoms with van der Waals surface area (Å²) in [7, 11) is 0. The van der Waals surface area contributed by atoms with Crippen molar-refractivity contribution in [3.8, 4) is 5.75 Å². The van der Waals surface area contributed by atoms with Gasteiger partial charge in [-0.2, -0.15) is 0 Å². The van der Waals surface area contributed by atoms with Gasteiger partial charge in [-0.1, -0.05) is 39.0 Å². The molecule has 0 unspecified atom stereocenters. The molecule has 4 nitrogen and oxygen atoms in total. The molecular weight excluding hydrogens is 435 g/mol. The summed E-state index contributed by atoms with van der Waals surface area (Å²) in [6.07, 6.45) is 0. The highest BCUT2D eigenvalue weighted by Crippen LogP contribution is 2.30. The molecule has 0 spiro atoms. The number of amides is 1. The maximum absolute atomic E-state index is 12.3. The van der Waals surface area contributed by atoms with Gasteiger partial charge in [-0.3, -0.25) is 10.1 Å². The third-order valence-electron chi connectivity index (χ3n) is 3.46. The number of hydrogen-bond donors (Lipinski definition) is 3. The highest BCUT2D eigenvalue weighted by molar-refractivity contribution is 14.1. The van der Waals surface area contributed by atoms with Crippen LogP contribution in [0.15, 0.2) is 42.5 Å². The van der Waals surface area contributed by atoms with Gasteiger partial charge in [0.15, 0.2) is 5.11 Å². The number of hydrogen-bond acceptors (Lipinski definition) is 3. The summed E-state index contributed by atoms with van der Waals surface area (Å²) >= 11 is 7.30. The third-order valence-corrected chi connectivity index (χ3v) is 4.60. The number of carbonyl (C=O) groups excluding carboxylic acids is 1. The smallest absolute Gasteiger partial charge is 0.258 e. The topological polar surface area (TPSA) is 61.4 Å². The van der Waals surface area contributed by atoms with Crippen LogP contribution in [0.4, 0.5) is 5.69 Å². The largest absolute Gasteiger partial charge is 0.506 e. The molecule has 2 rings (SSSR count). The first-order valence-corrected chi connectivity index (χ1v) is 8.87. The summed E-state index contributed by atoms with van der Waals surface area (Å²) in [5, 5.41) is 15.7. The Labute approximate surface area is 160 Å². The zero-order valence-corrected chi connectivity index (χ0v) is 16.7. The van der Waals surface area contributed by atoms with E-state index in [0.717, 1.165) is 9.13 Å². The Kier molecular flexibility index (Phi) is 5.82. The van der Waals surface area contributed by atoms with Crippen LogP contribution in [0.1, 0.15) is 36.7 Å². The highest BCUT2D eigenvalue weighted by Gasteiger charge is 2.17. The first-order chi connectivity index (χ1) is 11.2. The van der Waals surface area contributed by atoms with Crippen molar-refractivity contribution in [3.63, 3.8) is 0 Å². The predicted octanol–water partition coefficient (Wildman–Crippen LogP) is 4.42. The van der Waals surface area contributed by atoms with Gasteiger partial charge in [-0.25, -0.2) is 0 Å². The minimum absolute atomic E-state index is 0.0604. The van der Waals surface area contributed by atoms with Gasteiger partial charge < -0.3 is 10.4 Å². The van der Waals surface area contributed by atoms with Crippen molar-refractivity contribution in [1.82, 2.24) is 5.32 Å². The van der Waals surface area contributed by atoms with Crippen LogP contribution in [0.2, 0.25) is 0 Å². The Morgan fingerprint density at radius 2 is 1.83 bits per heavy atom. The highest BCUT2D eigenvalue weighted by atomic mass is 127. The molecular formula is C18H19IN2O2S. The van der Waals surface area contributed by atoms with E-state index >= 15 is 0 Å². The lowest BCUT2D eigenvalue weighted by Gasteiger charge is -2.21. The fourth-order valence-corrected chi connectivity index (χ4v) is 2.91. The van der Waals surface area contributed by atoms with Crippen molar-refractivity contribution in [2.45, 2.75) is 26.2 Å². The number of benzene rings is 2. The van der Waals surface area contributed by atoms with Crippen molar-refractivity contribution in [1.29, 1.82) is 0 Å². The molecule has 1 amide bonds. The first kappa shape index (κ1) is 18.7. The number of aromatic hydroxyl groups is 1. The number of phenols is 1. The molecule has 126 valence electrons. The average molecular weight is 454 g/mol. The van der Waals surface area contributed by atoms with Gasteiger partial charge in [0.05, 0.1) is 11.3 Å². The van der Waals surface area contributed by atoms with Crippen molar-refractivity contribution in [2.75, 3.05) is 5.32 Å². The molecule has 2 aromatic carbocycles. The second-order valence-corrected chi connectivity index (χ2v) is 7.94. The molecule has 0 aliphatic heterocycles. The van der Waals surface area contributed by atoms with Crippen LogP contribution < -0.4 is 10.6 Å². The molecule has 0 atom stereocenters. The minimum atomic E-state index is -0.288. The van der Waals surface area contributed by atoms with Gasteiger partial charge >= 0.3 is 0 Å². The van der Waals surface area contributed by atoms with E-state index in [9.17, 15) is 9.90 Å². The van der Waals surface area contributed by atoms with Crippen LogP contribution >= 0.6 is 34.8 Å². The summed E-state index contributed by atoms with van der Waals surface area (Å²) < 4.78 is 0.841. The maximum atomic E-state index is 12.3. The molecule has 6 heteroatoms. The minimum Gasteiger partial charge on any atom is -0.506 e. The van der Waals surface area contributed by atoms with E-state index in [1.807, 2.05) is 24.3 Å². The number of thiocarbonyl (C=S) groups is 1. The Morgan fingerprint density at radius 1 is 1.17 bits per heavy atom. The van der Waals surface area contributed by atoms with Gasteiger partial charge in [0.2, 0.25) is 0 Å². The molecule has 0 fully saturated rings. The van der Waals surface area contributed by atoms with Gasteiger partial charge in [0.25, 0.3) is 5.91 Å². The summed E-state index contributed by atoms with van der Waals surface area (Å²) in [5.41, 5.74) is 2.01. The van der Waals surface area contributed by atoms with Crippen molar-refractivity contribution < 1.29 is 9.90 Å². The third kappa shape index (κ3) is 4.67. The van der Waals surface area contributed by atoms with Crippen LogP contribution in [-0.4, -0.2) is 16.1 Å². The monoisotopic (exact) mass is 454 g/mol. The van der Waals surface area contributed by atoms with Gasteiger partial charge in [-0.05, 0) is 70.1 Å². The molecule has 0 heterocycles. The van der Waals surface area contributed by atoms with Crippen LogP contribution in [0, 0.1) is 3.57 Å². The summed E-state index contributed by atoms with van der Waals surface area (Å²) in [5.74, 6) is -0.210. The zero-order chi connectivity index (χ0) is 17.9. The zero-order valence-electron chi connectivity index (χ0n) is 13.7. The second kappa shape index (κ2) is 7.48. The van der Waals surface area contributed by atoms with Gasteiger partial charge in [-0.15, -0.1) is 0 Å². The Hall–Kier alpha value is -1.67. The second-order valence-electron chi connectivity index (χ2n) is 6.37. The quantitative estimate of drug-likeness (QED) is 0.357. The van der Waals surface area contributed by atoms with E-state index in [4.69, 9.17) is 12.2 Å². The van der Waals surface area contributed by atoms with E-state index in [2.05, 4.69) is 54.0 Å². The first-order valence-electron chi connectivity index (χ1n) is 7.39. The Bertz CT molecular complexity index is 785. The molecule has 0 aromatic heterocycles. The van der Waals surface area contributed by atoms with E-state index in [-0.39, 0.29) is 22.2 Å². The molecule has 0 saturated heterocycles. The molecule has 24 heavy (non-hydrogen) atoms. The molecule has 0 bridgehead atoms. The number of nitrogens with one attached hydrogen (secondary N) is 2. The van der Waals surface area contributed by atoms with E-state index in [1.165, 1.54) is 0 Å². The molecule has 0 aliphatic rings. The standard InChI is InChI=1S/C18H19IN2O2S/c1-18(2,3)11-8-9-15(22)14(10-11)20-17(24)21-16(23)12-6-4-5-7-13(12)19/h4-10,22H,1-3H3,(H2,20,21,23,24). The normalized spacial score (nSPS) is 11.0. The molecule has 0 radical (unpaired) electrons. The van der Waals surface area contributed by atoms with Gasteiger partial charge in [0.1, 0.15) is 5.75 Å². The molecule has 2 aromatic rings. The molecule has 0 aliphatic carbocycles. The number of carbonyl (C=O) groups is 1. The van der Waals surface area contributed by atoms with E-state index < -0.39 is 0 Å². The number of rotatable bonds is 2. The fraction of sp³-hybridized carbons (Fsp3) is 0.222. The van der Waals surface area contributed by atoms with Crippen molar-refractivity contribution in [3.05, 3.63) is 57.2 Å². The summed E-state index contributed by atoms with van der Waals surface area (Å²) in [6, 6.07) is 12.6. The van der Waals surface area contributed by atoms with E-state index in [1.54, 1.807) is 18.2 Å². The predicted molar refractivity (Wildman–Crippen MR) is 110 cm³/mol. The molecule has 0 saturated carbocycles. The number of phenolic OH excluding ortho intramolecular Hbond substituents is 1. The lowest BCUT2D eigenvalue weighted by molar-refractivity contribution is 0.0977. The SMILES string of the molecule is CC(C)(C)c1ccc(O)c(NC(=S)NC(=O)c2ccccc2I)c1. The van der Waals surface area contributed by atoms with Gasteiger partial charge in [0, 0.05) is 3.57 Å². The Morgan fingerprint density at radius 3 is 2.46 bits per heavy atom. The van der Waals surface area contributed by atoms with Crippen LogP contribution in [0.5, 0.6) is 5.75 Å². The summed E-state index contributed by atoms with van der Waals surface area (Å²) in [4.78, 5) is 12.3. The maximum Gasteiger partial charge on any atom is 0.258 e. The summed E-state index contributed by atoms with van der Waals surface area (Å²) in [6.45, 7) is 6.25. The van der Waals surface area contributed by atoms with E-state index in [0.29, 0.717) is 11.3 Å². The number of halogens is 1. The Balaban J connectivity index is 2.13. The van der Waals surface area contributed by atoms with Crippen LogP contribution in [0.3, 0.4) is 0 Å². The average Bonchev–Trinajstić information content (AvgIpc) is 2.48. The number of anilines is 1. The van der Waals surface area contributed by atoms with Crippen LogP contribution in [0.25, 0.3) is 0 Å². The lowest BCUT2D eigenvalue weighted by atomic mass is 9.87. The van der Waals surface area contributed by atoms with Crippen LogP contribution in [-0.2, 0) is 5.41 Å². The van der Waals surface area contributed by atoms with Crippen molar-refractivity contribution >= 4 is 51.5 Å². The molecule has 3 N–H and O–H groups in total.